The Hall–Kier alpha value is 0.134. The lowest BCUT2D eigenvalue weighted by Crippen LogP contribution is -2.65. The predicted octanol–water partition coefficient (Wildman–Crippen LogP) is 5.71. The molecule has 0 heterocycles. The highest BCUT2D eigenvalue weighted by molar-refractivity contribution is 6.91. The Labute approximate surface area is 184 Å². The van der Waals surface area contributed by atoms with Crippen LogP contribution >= 0.6 is 0 Å². The molecule has 6 nitrogen and oxygen atoms in total. The lowest BCUT2D eigenvalue weighted by molar-refractivity contribution is -0.138. The Morgan fingerprint density at radius 3 is 1.41 bits per heavy atom. The summed E-state index contributed by atoms with van der Waals surface area (Å²) in [6.07, 6.45) is 0.732. The van der Waals surface area contributed by atoms with E-state index in [9.17, 15) is 4.79 Å². The van der Waals surface area contributed by atoms with E-state index in [1.807, 2.05) is 0 Å². The van der Waals surface area contributed by atoms with Gasteiger partial charge >= 0.3 is 15.0 Å². The van der Waals surface area contributed by atoms with E-state index in [0.29, 0.717) is 12.2 Å². The van der Waals surface area contributed by atoms with Crippen molar-refractivity contribution < 1.29 is 26.0 Å². The summed E-state index contributed by atoms with van der Waals surface area (Å²) >= 11 is 0. The third-order valence-electron chi connectivity index (χ3n) is 3.20. The lowest BCUT2D eigenvalue weighted by Gasteiger charge is -2.44. The van der Waals surface area contributed by atoms with Crippen molar-refractivity contribution in [2.24, 2.45) is 0 Å². The molecule has 0 N–H and O–H groups in total. The molecule has 0 amide bonds. The van der Waals surface area contributed by atoms with Gasteiger partial charge in [-0.2, -0.15) is 0 Å². The standard InChI is InChI=1S/C18H44O6Si5/c1-17(2)18(19)20-15-14-16-28(12,13)24-29(21-25(3,4)5,22-26(6,7)8)23-27(9,10)11/h1,14-16H2,2-13H3. The molecule has 0 spiro atoms. The topological polar surface area (TPSA) is 63.2 Å². The van der Waals surface area contributed by atoms with Crippen LogP contribution in [-0.4, -0.2) is 54.9 Å². The van der Waals surface area contributed by atoms with Crippen molar-refractivity contribution >= 4 is 48.3 Å². The summed E-state index contributed by atoms with van der Waals surface area (Å²) in [5, 5.41) is 0. The fourth-order valence-electron chi connectivity index (χ4n) is 2.43. The molecule has 0 fully saturated rings. The fraction of sp³-hybridized carbons (Fsp3) is 0.833. The Morgan fingerprint density at radius 2 is 1.10 bits per heavy atom. The maximum atomic E-state index is 11.6. The van der Waals surface area contributed by atoms with Gasteiger partial charge in [0.25, 0.3) is 0 Å². The van der Waals surface area contributed by atoms with Crippen LogP contribution in [0.5, 0.6) is 0 Å². The number of esters is 1. The molecule has 172 valence electrons. The third kappa shape index (κ3) is 14.7. The first-order chi connectivity index (χ1) is 12.7. The number of carbonyl (C=O) groups excluding carboxylic acids is 1. The SMILES string of the molecule is C=C(C)C(=O)OCCC[Si](C)(C)O[Si](O[Si](C)(C)C)(O[Si](C)(C)C)O[Si](C)(C)C. The van der Waals surface area contributed by atoms with E-state index in [0.717, 1.165) is 12.5 Å². The predicted molar refractivity (Wildman–Crippen MR) is 133 cm³/mol. The Balaban J connectivity index is 5.51. The molecule has 0 rings (SSSR count). The molecule has 0 aliphatic rings. The van der Waals surface area contributed by atoms with Crippen molar-refractivity contribution in [3.05, 3.63) is 12.2 Å². The van der Waals surface area contributed by atoms with Gasteiger partial charge in [-0.15, -0.1) is 0 Å². The maximum absolute atomic E-state index is 11.6. The van der Waals surface area contributed by atoms with Gasteiger partial charge in [0.05, 0.1) is 6.61 Å². The summed E-state index contributed by atoms with van der Waals surface area (Å²) in [6.45, 7) is 29.2. The van der Waals surface area contributed by atoms with Gasteiger partial charge in [0.1, 0.15) is 0 Å². The minimum atomic E-state index is -3.31. The minimum absolute atomic E-state index is 0.347. The van der Waals surface area contributed by atoms with Gasteiger partial charge in [-0.3, -0.25) is 0 Å². The number of ether oxygens (including phenoxy) is 1. The second-order valence-corrected chi connectivity index (χ2v) is 32.0. The lowest BCUT2D eigenvalue weighted by atomic mass is 10.4. The molecule has 0 unspecified atom stereocenters. The number of hydrogen-bond acceptors (Lipinski definition) is 6. The summed E-state index contributed by atoms with van der Waals surface area (Å²) in [5.74, 6) is -0.347. The zero-order valence-corrected chi connectivity index (χ0v) is 25.8. The van der Waals surface area contributed by atoms with Crippen LogP contribution in [0.15, 0.2) is 12.2 Å². The molecule has 0 aromatic heterocycles. The van der Waals surface area contributed by atoms with Gasteiger partial charge in [0.15, 0.2) is 33.3 Å². The molecule has 0 atom stereocenters. The Kier molecular flexibility index (Phi) is 10.7. The molecule has 0 aliphatic heterocycles. The quantitative estimate of drug-likeness (QED) is 0.141. The van der Waals surface area contributed by atoms with E-state index < -0.39 is 42.3 Å². The summed E-state index contributed by atoms with van der Waals surface area (Å²) < 4.78 is 31.8. The Morgan fingerprint density at radius 1 is 0.724 bits per heavy atom. The van der Waals surface area contributed by atoms with Crippen LogP contribution in [0.4, 0.5) is 0 Å². The number of hydrogen-bond donors (Lipinski definition) is 0. The molecule has 0 saturated heterocycles. The molecular weight excluding hydrogens is 453 g/mol. The van der Waals surface area contributed by atoms with Crippen LogP contribution in [0.3, 0.4) is 0 Å². The molecule has 0 aromatic carbocycles. The maximum Gasteiger partial charge on any atom is 0.636 e. The van der Waals surface area contributed by atoms with E-state index in [1.54, 1.807) is 6.92 Å². The number of carbonyl (C=O) groups is 1. The van der Waals surface area contributed by atoms with E-state index >= 15 is 0 Å². The zero-order chi connectivity index (χ0) is 23.3. The summed E-state index contributed by atoms with van der Waals surface area (Å²) in [6, 6.07) is 0.824. The molecule has 0 bridgehead atoms. The first-order valence-corrected chi connectivity index (χ1v) is 25.3. The molecule has 11 heteroatoms. The molecule has 0 aromatic rings. The summed E-state index contributed by atoms with van der Waals surface area (Å²) in [5.41, 5.74) is 0.416. The monoisotopic (exact) mass is 496 g/mol. The molecule has 0 saturated carbocycles. The largest absolute Gasteiger partial charge is 0.636 e. The second-order valence-electron chi connectivity index (χ2n) is 11.0. The van der Waals surface area contributed by atoms with Crippen LogP contribution < -0.4 is 0 Å². The van der Waals surface area contributed by atoms with E-state index in [4.69, 9.17) is 21.2 Å². The van der Waals surface area contributed by atoms with Gasteiger partial charge < -0.3 is 21.2 Å². The van der Waals surface area contributed by atoms with Crippen molar-refractivity contribution in [1.82, 2.24) is 0 Å². The van der Waals surface area contributed by atoms with Crippen LogP contribution in [0, 0.1) is 0 Å². The van der Waals surface area contributed by atoms with Crippen LogP contribution in [0.1, 0.15) is 13.3 Å². The van der Waals surface area contributed by atoms with Gasteiger partial charge in [-0.25, -0.2) is 4.79 Å². The number of rotatable bonds is 13. The highest BCUT2D eigenvalue weighted by atomic mass is 28.5. The first-order valence-electron chi connectivity index (χ1n) is 10.3. The normalized spacial score (nSPS) is 14.1. The van der Waals surface area contributed by atoms with Gasteiger partial charge in [0.2, 0.25) is 0 Å². The minimum Gasteiger partial charge on any atom is -0.462 e. The average Bonchev–Trinajstić information content (AvgIpc) is 2.35. The fourth-order valence-corrected chi connectivity index (χ4v) is 18.8. The van der Waals surface area contributed by atoms with Crippen molar-refractivity contribution in [3.63, 3.8) is 0 Å². The van der Waals surface area contributed by atoms with E-state index in [2.05, 4.69) is 78.6 Å². The van der Waals surface area contributed by atoms with Gasteiger partial charge in [-0.1, -0.05) is 6.58 Å². The van der Waals surface area contributed by atoms with Crippen LogP contribution in [0.2, 0.25) is 78.1 Å². The average molecular weight is 497 g/mol. The second kappa shape index (κ2) is 10.6. The highest BCUT2D eigenvalue weighted by Gasteiger charge is 2.56. The highest BCUT2D eigenvalue weighted by Crippen LogP contribution is 2.31. The molecule has 0 radical (unpaired) electrons. The zero-order valence-electron chi connectivity index (χ0n) is 20.8. The smallest absolute Gasteiger partial charge is 0.462 e. The van der Waals surface area contributed by atoms with E-state index in [-0.39, 0.29) is 5.97 Å². The van der Waals surface area contributed by atoms with Crippen LogP contribution in [0.25, 0.3) is 0 Å². The molecule has 0 aliphatic carbocycles. The Bertz CT molecular complexity index is 520. The van der Waals surface area contributed by atoms with E-state index in [1.165, 1.54) is 0 Å². The summed E-state index contributed by atoms with van der Waals surface area (Å²) in [7, 11) is -11.5. The van der Waals surface area contributed by atoms with Crippen LogP contribution in [-0.2, 0) is 26.0 Å². The first kappa shape index (κ1) is 29.1. The molecule has 29 heavy (non-hydrogen) atoms. The summed E-state index contributed by atoms with van der Waals surface area (Å²) in [4.78, 5) is 11.6. The third-order valence-corrected chi connectivity index (χ3v) is 18.3. The molecular formula is C18H44O6Si5. The van der Waals surface area contributed by atoms with Gasteiger partial charge in [-0.05, 0) is 91.4 Å². The van der Waals surface area contributed by atoms with Gasteiger partial charge in [0, 0.05) is 5.57 Å². The van der Waals surface area contributed by atoms with Crippen molar-refractivity contribution in [2.45, 2.75) is 91.4 Å². The van der Waals surface area contributed by atoms with Crippen molar-refractivity contribution in [2.75, 3.05) is 6.61 Å². The van der Waals surface area contributed by atoms with Crippen molar-refractivity contribution in [1.29, 1.82) is 0 Å². The van der Waals surface area contributed by atoms with Crippen molar-refractivity contribution in [3.8, 4) is 0 Å².